The molecule has 0 radical (unpaired) electrons. The summed E-state index contributed by atoms with van der Waals surface area (Å²) in [5.74, 6) is 2.70. The molecular formula is C28H24N4O2S2. The molecule has 2 heterocycles. The number of nitrogens with zero attached hydrogens (tertiary/aromatic N) is 3. The van der Waals surface area contributed by atoms with Gasteiger partial charge in [0.1, 0.15) is 5.75 Å². The molecule has 5 rings (SSSR count). The minimum Gasteiger partial charge on any atom is -0.484 e. The molecule has 1 aromatic heterocycles. The Morgan fingerprint density at radius 3 is 2.64 bits per heavy atom. The fourth-order valence-electron chi connectivity index (χ4n) is 4.09. The van der Waals surface area contributed by atoms with Crippen LogP contribution < -0.4 is 10.2 Å². The average molecular weight is 513 g/mol. The molecule has 1 aliphatic rings. The van der Waals surface area contributed by atoms with E-state index in [0.717, 1.165) is 22.0 Å². The van der Waals surface area contributed by atoms with E-state index >= 15 is 0 Å². The molecule has 3 aromatic carbocycles. The SMILES string of the molecule is N#Cc1ccccc1Cn1cc(/C=N\NC(=O)COc2ccc(C3SCCS3)cc2)c2ccccc21. The molecule has 4 aromatic rings. The first-order chi connectivity index (χ1) is 17.7. The number of rotatable bonds is 8. The number of thioether (sulfide) groups is 2. The summed E-state index contributed by atoms with van der Waals surface area (Å²) in [5, 5.41) is 14.6. The van der Waals surface area contributed by atoms with Crippen LogP contribution in [0, 0.1) is 11.3 Å². The van der Waals surface area contributed by atoms with Gasteiger partial charge < -0.3 is 9.30 Å². The number of hydrogen-bond donors (Lipinski definition) is 1. The van der Waals surface area contributed by atoms with Crippen molar-refractivity contribution in [2.24, 2.45) is 5.10 Å². The van der Waals surface area contributed by atoms with Gasteiger partial charge in [0, 0.05) is 40.7 Å². The first-order valence-electron chi connectivity index (χ1n) is 11.5. The van der Waals surface area contributed by atoms with Crippen LogP contribution in [0.1, 0.15) is 26.8 Å². The maximum Gasteiger partial charge on any atom is 0.277 e. The van der Waals surface area contributed by atoms with E-state index in [0.29, 0.717) is 22.4 Å². The van der Waals surface area contributed by atoms with Crippen molar-refractivity contribution < 1.29 is 9.53 Å². The average Bonchev–Trinajstić information content (AvgIpc) is 3.57. The van der Waals surface area contributed by atoms with Gasteiger partial charge in [-0.1, -0.05) is 48.5 Å². The summed E-state index contributed by atoms with van der Waals surface area (Å²) in [6.45, 7) is 0.450. The Labute approximate surface area is 218 Å². The lowest BCUT2D eigenvalue weighted by Gasteiger charge is -2.10. The molecule has 6 nitrogen and oxygen atoms in total. The Bertz CT molecular complexity index is 1430. The van der Waals surface area contributed by atoms with Crippen LogP contribution in [-0.2, 0) is 11.3 Å². The number of amides is 1. The quantitative estimate of drug-likeness (QED) is 0.247. The second kappa shape index (κ2) is 11.4. The van der Waals surface area contributed by atoms with Crippen LogP contribution in [0.2, 0.25) is 0 Å². The Morgan fingerprint density at radius 2 is 1.83 bits per heavy atom. The maximum absolute atomic E-state index is 12.3. The lowest BCUT2D eigenvalue weighted by atomic mass is 10.1. The van der Waals surface area contributed by atoms with Crippen LogP contribution in [-0.4, -0.2) is 34.8 Å². The van der Waals surface area contributed by atoms with Crippen molar-refractivity contribution in [3.63, 3.8) is 0 Å². The predicted octanol–water partition coefficient (Wildman–Crippen LogP) is 5.57. The van der Waals surface area contributed by atoms with E-state index in [4.69, 9.17) is 4.74 Å². The number of benzene rings is 3. The molecule has 1 amide bonds. The Morgan fingerprint density at radius 1 is 1.08 bits per heavy atom. The zero-order valence-corrected chi connectivity index (χ0v) is 21.1. The lowest BCUT2D eigenvalue weighted by Crippen LogP contribution is -2.24. The van der Waals surface area contributed by atoms with Crippen molar-refractivity contribution in [1.82, 2.24) is 9.99 Å². The van der Waals surface area contributed by atoms with Gasteiger partial charge >= 0.3 is 0 Å². The monoisotopic (exact) mass is 512 g/mol. The number of ether oxygens (including phenoxy) is 1. The number of aromatic nitrogens is 1. The normalized spacial score (nSPS) is 13.8. The fourth-order valence-corrected chi connectivity index (χ4v) is 6.95. The molecule has 0 atom stereocenters. The molecular weight excluding hydrogens is 488 g/mol. The highest BCUT2D eigenvalue weighted by Crippen LogP contribution is 2.45. The third-order valence-corrected chi connectivity index (χ3v) is 8.94. The molecule has 1 aliphatic heterocycles. The molecule has 1 fully saturated rings. The summed E-state index contributed by atoms with van der Waals surface area (Å²) in [6, 6.07) is 25.8. The third kappa shape index (κ3) is 5.59. The molecule has 0 aliphatic carbocycles. The summed E-state index contributed by atoms with van der Waals surface area (Å²) in [4.78, 5) is 12.3. The number of para-hydroxylation sites is 1. The molecule has 0 saturated carbocycles. The van der Waals surface area contributed by atoms with Crippen LogP contribution in [0.15, 0.2) is 84.1 Å². The van der Waals surface area contributed by atoms with Gasteiger partial charge in [0.15, 0.2) is 6.61 Å². The molecule has 0 bridgehead atoms. The van der Waals surface area contributed by atoms with E-state index in [2.05, 4.69) is 33.3 Å². The standard InChI is InChI=1S/C28H24N4O2S2/c29-15-21-5-1-2-6-22(21)17-32-18-23(25-7-3-4-8-26(25)32)16-30-31-27(33)19-34-24-11-9-20(10-12-24)28-35-13-14-36-28/h1-12,16,18,28H,13-14,17,19H2,(H,31,33)/b30-16-. The summed E-state index contributed by atoms with van der Waals surface area (Å²) in [6.07, 6.45) is 3.62. The van der Waals surface area contributed by atoms with E-state index in [1.165, 1.54) is 17.1 Å². The molecule has 1 N–H and O–H groups in total. The maximum atomic E-state index is 12.3. The Kier molecular flexibility index (Phi) is 7.60. The topological polar surface area (TPSA) is 79.4 Å². The fraction of sp³-hybridized carbons (Fsp3) is 0.179. The van der Waals surface area contributed by atoms with Gasteiger partial charge in [0.25, 0.3) is 5.91 Å². The van der Waals surface area contributed by atoms with Crippen LogP contribution in [0.5, 0.6) is 5.75 Å². The first-order valence-corrected chi connectivity index (χ1v) is 13.6. The molecule has 36 heavy (non-hydrogen) atoms. The van der Waals surface area contributed by atoms with Gasteiger partial charge in [-0.3, -0.25) is 4.79 Å². The molecule has 8 heteroatoms. The highest BCUT2D eigenvalue weighted by atomic mass is 32.2. The summed E-state index contributed by atoms with van der Waals surface area (Å²) in [7, 11) is 0. The molecule has 0 unspecified atom stereocenters. The second-order valence-corrected chi connectivity index (χ2v) is 10.9. The second-order valence-electron chi connectivity index (χ2n) is 8.22. The lowest BCUT2D eigenvalue weighted by molar-refractivity contribution is -0.123. The van der Waals surface area contributed by atoms with E-state index in [1.54, 1.807) is 6.21 Å². The van der Waals surface area contributed by atoms with Crippen molar-refractivity contribution in [3.8, 4) is 11.8 Å². The Balaban J connectivity index is 1.21. The van der Waals surface area contributed by atoms with E-state index in [1.807, 2.05) is 90.4 Å². The minimum absolute atomic E-state index is 0.115. The van der Waals surface area contributed by atoms with Crippen LogP contribution in [0.3, 0.4) is 0 Å². The highest BCUT2D eigenvalue weighted by Gasteiger charge is 2.18. The van der Waals surface area contributed by atoms with Crippen molar-refractivity contribution in [2.75, 3.05) is 18.1 Å². The minimum atomic E-state index is -0.330. The summed E-state index contributed by atoms with van der Waals surface area (Å²) < 4.78 is 8.20. The highest BCUT2D eigenvalue weighted by molar-refractivity contribution is 8.19. The van der Waals surface area contributed by atoms with Gasteiger partial charge in [0.2, 0.25) is 0 Å². The van der Waals surface area contributed by atoms with Crippen LogP contribution in [0.4, 0.5) is 0 Å². The first kappa shape index (κ1) is 24.0. The van der Waals surface area contributed by atoms with Gasteiger partial charge in [0.05, 0.1) is 22.4 Å². The molecule has 1 saturated heterocycles. The number of carbonyl (C=O) groups is 1. The van der Waals surface area contributed by atoms with Crippen molar-refractivity contribution >= 4 is 46.5 Å². The number of carbonyl (C=O) groups excluding carboxylic acids is 1. The smallest absolute Gasteiger partial charge is 0.277 e. The van der Waals surface area contributed by atoms with E-state index in [9.17, 15) is 10.1 Å². The number of hydrazone groups is 1. The van der Waals surface area contributed by atoms with Gasteiger partial charge in [-0.05, 0) is 35.4 Å². The van der Waals surface area contributed by atoms with Crippen molar-refractivity contribution in [3.05, 3.63) is 101 Å². The van der Waals surface area contributed by atoms with Gasteiger partial charge in [-0.2, -0.15) is 10.4 Å². The Hall–Kier alpha value is -3.67. The van der Waals surface area contributed by atoms with Crippen LogP contribution >= 0.6 is 23.5 Å². The van der Waals surface area contributed by atoms with Crippen molar-refractivity contribution in [2.45, 2.75) is 11.1 Å². The molecule has 0 spiro atoms. The van der Waals surface area contributed by atoms with Crippen LogP contribution in [0.25, 0.3) is 10.9 Å². The number of nitriles is 1. The largest absolute Gasteiger partial charge is 0.484 e. The van der Waals surface area contributed by atoms with Gasteiger partial charge in [-0.15, -0.1) is 23.5 Å². The third-order valence-electron chi connectivity index (χ3n) is 5.83. The zero-order chi connectivity index (χ0) is 24.7. The zero-order valence-electron chi connectivity index (χ0n) is 19.5. The number of nitrogens with one attached hydrogen (secondary N) is 1. The molecule has 180 valence electrons. The summed E-state index contributed by atoms with van der Waals surface area (Å²) >= 11 is 3.92. The van der Waals surface area contributed by atoms with Crippen molar-refractivity contribution in [1.29, 1.82) is 5.26 Å². The predicted molar refractivity (Wildman–Crippen MR) is 148 cm³/mol. The number of fused-ring (bicyclic) bond motifs is 1. The summed E-state index contributed by atoms with van der Waals surface area (Å²) in [5.41, 5.74) is 7.33. The van der Waals surface area contributed by atoms with E-state index in [-0.39, 0.29) is 12.5 Å². The number of hydrogen-bond acceptors (Lipinski definition) is 6. The van der Waals surface area contributed by atoms with E-state index < -0.39 is 0 Å². The van der Waals surface area contributed by atoms with Gasteiger partial charge in [-0.25, -0.2) is 5.43 Å².